The molecule has 0 aromatic heterocycles. The lowest BCUT2D eigenvalue weighted by atomic mass is 10.2. The largest absolute Gasteiger partial charge is 0.353 e. The van der Waals surface area contributed by atoms with Crippen LogP contribution in [-0.2, 0) is 16.1 Å². The minimum Gasteiger partial charge on any atom is -0.353 e. The second-order valence-electron chi connectivity index (χ2n) is 7.12. The summed E-state index contributed by atoms with van der Waals surface area (Å²) in [4.78, 5) is 29.9. The number of nitrogens with zero attached hydrogens (tertiary/aromatic N) is 3. The Kier molecular flexibility index (Phi) is 7.53. The van der Waals surface area contributed by atoms with Gasteiger partial charge in [0, 0.05) is 51.4 Å². The van der Waals surface area contributed by atoms with Gasteiger partial charge in [0.15, 0.2) is 0 Å². The summed E-state index contributed by atoms with van der Waals surface area (Å²) >= 11 is 0. The number of rotatable bonds is 7. The maximum atomic E-state index is 13.7. The molecule has 0 spiro atoms. The molecule has 26 heavy (non-hydrogen) atoms. The molecule has 0 aliphatic carbocycles. The molecule has 0 unspecified atom stereocenters. The number of benzene rings is 1. The van der Waals surface area contributed by atoms with Crippen LogP contribution in [0.4, 0.5) is 4.39 Å². The molecule has 1 saturated heterocycles. The van der Waals surface area contributed by atoms with E-state index in [4.69, 9.17) is 0 Å². The monoisotopic (exact) mass is 364 g/mol. The van der Waals surface area contributed by atoms with Crippen molar-refractivity contribution in [1.29, 1.82) is 0 Å². The van der Waals surface area contributed by atoms with Gasteiger partial charge in [-0.15, -0.1) is 0 Å². The molecule has 0 radical (unpaired) electrons. The molecular formula is C19H29FN4O2. The quantitative estimate of drug-likeness (QED) is 0.782. The number of hydrogen-bond donors (Lipinski definition) is 1. The molecule has 0 atom stereocenters. The summed E-state index contributed by atoms with van der Waals surface area (Å²) < 4.78 is 13.7. The molecule has 1 aliphatic heterocycles. The van der Waals surface area contributed by atoms with Crippen LogP contribution in [0.25, 0.3) is 0 Å². The van der Waals surface area contributed by atoms with Gasteiger partial charge >= 0.3 is 0 Å². The third kappa shape index (κ3) is 6.38. The van der Waals surface area contributed by atoms with Crippen LogP contribution in [0.2, 0.25) is 0 Å². The van der Waals surface area contributed by atoms with E-state index >= 15 is 0 Å². The lowest BCUT2D eigenvalue weighted by molar-refractivity contribution is -0.132. The Morgan fingerprint density at radius 3 is 2.27 bits per heavy atom. The summed E-state index contributed by atoms with van der Waals surface area (Å²) in [5.41, 5.74) is 0.518. The number of halogens is 1. The number of hydrogen-bond acceptors (Lipinski definition) is 4. The zero-order valence-electron chi connectivity index (χ0n) is 15.9. The number of carbonyl (C=O) groups is 2. The molecule has 0 bridgehead atoms. The number of piperazine rings is 1. The summed E-state index contributed by atoms with van der Waals surface area (Å²) in [6.45, 7) is 7.87. The highest BCUT2D eigenvalue weighted by atomic mass is 19.1. The minimum atomic E-state index is -0.291. The van der Waals surface area contributed by atoms with Gasteiger partial charge in [0.1, 0.15) is 5.82 Å². The maximum Gasteiger partial charge on any atom is 0.236 e. The molecule has 1 N–H and O–H groups in total. The fraction of sp³-hybridized carbons (Fsp3) is 0.579. The smallest absolute Gasteiger partial charge is 0.236 e. The zero-order chi connectivity index (χ0) is 19.1. The zero-order valence-corrected chi connectivity index (χ0v) is 15.9. The van der Waals surface area contributed by atoms with Crippen LogP contribution in [0, 0.1) is 5.82 Å². The molecule has 0 saturated carbocycles. The summed E-state index contributed by atoms with van der Waals surface area (Å²) in [5.74, 6) is -0.283. The van der Waals surface area contributed by atoms with Gasteiger partial charge in [-0.25, -0.2) is 4.39 Å². The number of carbonyl (C=O) groups excluding carboxylic acids is 2. The molecule has 144 valence electrons. The Morgan fingerprint density at radius 1 is 1.12 bits per heavy atom. The lowest BCUT2D eigenvalue weighted by Gasteiger charge is -2.34. The predicted molar refractivity (Wildman–Crippen MR) is 99.0 cm³/mol. The first-order valence-electron chi connectivity index (χ1n) is 9.06. The van der Waals surface area contributed by atoms with Crippen LogP contribution >= 0.6 is 0 Å². The summed E-state index contributed by atoms with van der Waals surface area (Å²) in [6, 6.07) is 6.65. The van der Waals surface area contributed by atoms with Crippen molar-refractivity contribution in [1.82, 2.24) is 20.0 Å². The van der Waals surface area contributed by atoms with Crippen molar-refractivity contribution in [2.45, 2.75) is 26.4 Å². The van der Waals surface area contributed by atoms with E-state index < -0.39 is 0 Å². The van der Waals surface area contributed by atoms with Gasteiger partial charge in [0.25, 0.3) is 0 Å². The van der Waals surface area contributed by atoms with Crippen molar-refractivity contribution in [3.63, 3.8) is 0 Å². The third-order valence-corrected chi connectivity index (χ3v) is 4.43. The Labute approximate surface area is 154 Å². The van der Waals surface area contributed by atoms with E-state index in [0.717, 1.165) is 26.2 Å². The van der Waals surface area contributed by atoms with Crippen LogP contribution in [0.1, 0.15) is 19.4 Å². The standard InChI is InChI=1S/C19H29FN4O2/c1-15(2)21-18(25)13-23-8-10-24(11-9-23)14-19(26)22(3)12-16-6-4-5-7-17(16)20/h4-7,15H,8-14H2,1-3H3,(H,21,25). The van der Waals surface area contributed by atoms with E-state index in [2.05, 4.69) is 15.1 Å². The first kappa shape index (κ1) is 20.3. The van der Waals surface area contributed by atoms with Gasteiger partial charge in [0.05, 0.1) is 13.1 Å². The van der Waals surface area contributed by atoms with E-state index in [9.17, 15) is 14.0 Å². The highest BCUT2D eigenvalue weighted by Gasteiger charge is 2.22. The summed E-state index contributed by atoms with van der Waals surface area (Å²) in [5, 5.41) is 2.89. The SMILES string of the molecule is CC(C)NC(=O)CN1CCN(CC(=O)N(C)Cc2ccccc2F)CC1. The average molecular weight is 364 g/mol. The third-order valence-electron chi connectivity index (χ3n) is 4.43. The van der Waals surface area contributed by atoms with Crippen molar-refractivity contribution in [3.05, 3.63) is 35.6 Å². The lowest BCUT2D eigenvalue weighted by Crippen LogP contribution is -2.52. The van der Waals surface area contributed by atoms with Crippen LogP contribution < -0.4 is 5.32 Å². The molecule has 1 aromatic rings. The highest BCUT2D eigenvalue weighted by molar-refractivity contribution is 5.78. The fourth-order valence-electron chi connectivity index (χ4n) is 2.96. The first-order valence-corrected chi connectivity index (χ1v) is 9.06. The van der Waals surface area contributed by atoms with Crippen molar-refractivity contribution in [2.24, 2.45) is 0 Å². The maximum absolute atomic E-state index is 13.7. The first-order chi connectivity index (χ1) is 12.3. The topological polar surface area (TPSA) is 55.9 Å². The molecule has 6 nitrogen and oxygen atoms in total. The van der Waals surface area contributed by atoms with E-state index in [1.165, 1.54) is 6.07 Å². The van der Waals surface area contributed by atoms with Gasteiger partial charge in [-0.3, -0.25) is 19.4 Å². The van der Waals surface area contributed by atoms with E-state index in [1.54, 1.807) is 30.1 Å². The van der Waals surface area contributed by atoms with Crippen LogP contribution in [0.5, 0.6) is 0 Å². The molecule has 1 aromatic carbocycles. The summed E-state index contributed by atoms with van der Waals surface area (Å²) in [7, 11) is 1.70. The Hall–Kier alpha value is -1.99. The molecule has 7 heteroatoms. The van der Waals surface area contributed by atoms with Crippen molar-refractivity contribution < 1.29 is 14.0 Å². The van der Waals surface area contributed by atoms with Crippen molar-refractivity contribution in [2.75, 3.05) is 46.3 Å². The van der Waals surface area contributed by atoms with E-state index in [0.29, 0.717) is 18.7 Å². The summed E-state index contributed by atoms with van der Waals surface area (Å²) in [6.07, 6.45) is 0. The molecular weight excluding hydrogens is 335 g/mol. The van der Waals surface area contributed by atoms with Gasteiger partial charge < -0.3 is 10.2 Å². The van der Waals surface area contributed by atoms with Crippen LogP contribution in [0.15, 0.2) is 24.3 Å². The normalized spacial score (nSPS) is 15.9. The van der Waals surface area contributed by atoms with Gasteiger partial charge in [-0.05, 0) is 19.9 Å². The van der Waals surface area contributed by atoms with Crippen LogP contribution in [-0.4, -0.2) is 78.9 Å². The molecule has 2 rings (SSSR count). The molecule has 1 fully saturated rings. The molecule has 2 amide bonds. The van der Waals surface area contributed by atoms with E-state index in [1.807, 2.05) is 13.8 Å². The second kappa shape index (κ2) is 9.64. The molecule has 1 heterocycles. The van der Waals surface area contributed by atoms with Crippen LogP contribution in [0.3, 0.4) is 0 Å². The minimum absolute atomic E-state index is 0.0285. The van der Waals surface area contributed by atoms with E-state index in [-0.39, 0.29) is 30.2 Å². The Bertz CT molecular complexity index is 615. The van der Waals surface area contributed by atoms with Gasteiger partial charge in [-0.1, -0.05) is 18.2 Å². The Morgan fingerprint density at radius 2 is 1.69 bits per heavy atom. The number of likely N-dealkylation sites (N-methyl/N-ethyl adjacent to an activating group) is 1. The van der Waals surface area contributed by atoms with Crippen molar-refractivity contribution in [3.8, 4) is 0 Å². The van der Waals surface area contributed by atoms with Gasteiger partial charge in [0.2, 0.25) is 11.8 Å². The molecule has 1 aliphatic rings. The highest BCUT2D eigenvalue weighted by Crippen LogP contribution is 2.10. The second-order valence-corrected chi connectivity index (χ2v) is 7.12. The fourth-order valence-corrected chi connectivity index (χ4v) is 2.96. The Balaban J connectivity index is 1.73. The van der Waals surface area contributed by atoms with Crippen molar-refractivity contribution >= 4 is 11.8 Å². The number of amides is 2. The van der Waals surface area contributed by atoms with Gasteiger partial charge in [-0.2, -0.15) is 0 Å². The predicted octanol–water partition coefficient (Wildman–Crippen LogP) is 0.926. The number of nitrogens with one attached hydrogen (secondary N) is 1. The average Bonchev–Trinajstić information content (AvgIpc) is 2.57.